The normalized spacial score (nSPS) is 21.1. The third-order valence-electron chi connectivity index (χ3n) is 3.02. The van der Waals surface area contributed by atoms with Crippen molar-refractivity contribution in [2.45, 2.75) is 38.8 Å². The second-order valence-corrected chi connectivity index (χ2v) is 4.82. The summed E-state index contributed by atoms with van der Waals surface area (Å²) >= 11 is 0. The van der Waals surface area contributed by atoms with Gasteiger partial charge in [0.2, 0.25) is 11.8 Å². The van der Waals surface area contributed by atoms with Crippen LogP contribution in [0.3, 0.4) is 0 Å². The van der Waals surface area contributed by atoms with Crippen molar-refractivity contribution in [1.82, 2.24) is 15.1 Å². The molecule has 2 aliphatic heterocycles. The monoisotopic (exact) mass is 239 g/mol. The summed E-state index contributed by atoms with van der Waals surface area (Å²) in [6.07, 6.45) is 0.626. The third-order valence-corrected chi connectivity index (χ3v) is 3.02. The number of carbonyl (C=O) groups is 3. The maximum atomic E-state index is 11.6. The molecule has 2 aliphatic rings. The molecule has 0 atom stereocenters. The van der Waals surface area contributed by atoms with Gasteiger partial charge >= 0.3 is 6.03 Å². The number of hydrogen-bond acceptors (Lipinski definition) is 3. The molecule has 0 spiro atoms. The summed E-state index contributed by atoms with van der Waals surface area (Å²) in [6.45, 7) is 4.69. The van der Waals surface area contributed by atoms with E-state index in [1.807, 2.05) is 13.8 Å². The van der Waals surface area contributed by atoms with E-state index in [9.17, 15) is 14.4 Å². The highest BCUT2D eigenvalue weighted by molar-refractivity contribution is 6.02. The van der Waals surface area contributed by atoms with Gasteiger partial charge in [-0.25, -0.2) is 4.79 Å². The van der Waals surface area contributed by atoms with Gasteiger partial charge < -0.3 is 10.2 Å². The Labute approximate surface area is 99.9 Å². The predicted octanol–water partition coefficient (Wildman–Crippen LogP) is -0.0624. The van der Waals surface area contributed by atoms with E-state index < -0.39 is 0 Å². The number of hydrogen-bond donors (Lipinski definition) is 1. The van der Waals surface area contributed by atoms with Crippen molar-refractivity contribution < 1.29 is 14.4 Å². The van der Waals surface area contributed by atoms with E-state index in [4.69, 9.17) is 0 Å². The van der Waals surface area contributed by atoms with E-state index in [0.29, 0.717) is 25.9 Å². The Balaban J connectivity index is 1.84. The van der Waals surface area contributed by atoms with E-state index in [-0.39, 0.29) is 29.9 Å². The van der Waals surface area contributed by atoms with Crippen LogP contribution in [0, 0.1) is 0 Å². The van der Waals surface area contributed by atoms with E-state index >= 15 is 0 Å². The Kier molecular flexibility index (Phi) is 3.04. The number of carbonyl (C=O) groups excluding carboxylic acids is 3. The van der Waals surface area contributed by atoms with Crippen LogP contribution >= 0.6 is 0 Å². The van der Waals surface area contributed by atoms with Crippen LogP contribution in [0.4, 0.5) is 4.79 Å². The molecule has 0 bridgehead atoms. The van der Waals surface area contributed by atoms with Crippen molar-refractivity contribution in [2.75, 3.05) is 13.1 Å². The second kappa shape index (κ2) is 4.35. The molecule has 17 heavy (non-hydrogen) atoms. The predicted molar refractivity (Wildman–Crippen MR) is 60.1 cm³/mol. The molecule has 4 amide bonds. The van der Waals surface area contributed by atoms with Crippen LogP contribution in [-0.4, -0.2) is 52.8 Å². The van der Waals surface area contributed by atoms with Gasteiger partial charge in [-0.15, -0.1) is 0 Å². The SMILES string of the molecule is CC(C)NC(=O)N1CC(N2C(=O)CCC2=O)C1. The van der Waals surface area contributed by atoms with Gasteiger partial charge in [-0.2, -0.15) is 0 Å². The molecular formula is C11H17N3O3. The van der Waals surface area contributed by atoms with Crippen molar-refractivity contribution >= 4 is 17.8 Å². The van der Waals surface area contributed by atoms with Crippen molar-refractivity contribution in [3.8, 4) is 0 Å². The van der Waals surface area contributed by atoms with Gasteiger partial charge in [0, 0.05) is 32.0 Å². The molecule has 0 saturated carbocycles. The van der Waals surface area contributed by atoms with Crippen molar-refractivity contribution in [2.24, 2.45) is 0 Å². The minimum Gasteiger partial charge on any atom is -0.336 e. The van der Waals surface area contributed by atoms with Crippen molar-refractivity contribution in [3.63, 3.8) is 0 Å². The van der Waals surface area contributed by atoms with Gasteiger partial charge in [-0.05, 0) is 13.8 Å². The summed E-state index contributed by atoms with van der Waals surface area (Å²) in [6, 6.07) is -0.151. The maximum absolute atomic E-state index is 11.6. The zero-order valence-electron chi connectivity index (χ0n) is 10.1. The molecule has 0 aromatic rings. The molecule has 2 fully saturated rings. The molecule has 6 nitrogen and oxygen atoms in total. The first-order chi connectivity index (χ1) is 7.99. The lowest BCUT2D eigenvalue weighted by Gasteiger charge is -2.43. The van der Waals surface area contributed by atoms with Gasteiger partial charge in [-0.1, -0.05) is 0 Å². The van der Waals surface area contributed by atoms with Crippen LogP contribution in [-0.2, 0) is 9.59 Å². The third kappa shape index (κ3) is 2.25. The molecular weight excluding hydrogens is 222 g/mol. The zero-order chi connectivity index (χ0) is 12.6. The molecule has 0 aromatic heterocycles. The molecule has 0 aliphatic carbocycles. The van der Waals surface area contributed by atoms with E-state index in [1.54, 1.807) is 4.90 Å². The van der Waals surface area contributed by atoms with Crippen LogP contribution in [0.25, 0.3) is 0 Å². The molecule has 2 saturated heterocycles. The lowest BCUT2D eigenvalue weighted by Crippen LogP contribution is -2.64. The summed E-state index contributed by atoms with van der Waals surface area (Å²) in [4.78, 5) is 37.4. The first-order valence-electron chi connectivity index (χ1n) is 5.89. The molecule has 0 aromatic carbocycles. The number of nitrogens with one attached hydrogen (secondary N) is 1. The first kappa shape index (κ1) is 11.9. The molecule has 1 N–H and O–H groups in total. The van der Waals surface area contributed by atoms with Crippen molar-refractivity contribution in [1.29, 1.82) is 0 Å². The number of urea groups is 1. The molecule has 0 unspecified atom stereocenters. The minimum atomic E-state index is -0.129. The summed E-state index contributed by atoms with van der Waals surface area (Å²) in [5.74, 6) is -0.215. The minimum absolute atomic E-state index is 0.0941. The van der Waals surface area contributed by atoms with Gasteiger partial charge in [0.25, 0.3) is 0 Å². The second-order valence-electron chi connectivity index (χ2n) is 4.82. The summed E-state index contributed by atoms with van der Waals surface area (Å²) in [5.41, 5.74) is 0. The smallest absolute Gasteiger partial charge is 0.317 e. The number of imide groups is 1. The fraction of sp³-hybridized carbons (Fsp3) is 0.727. The number of rotatable bonds is 2. The average Bonchev–Trinajstić information content (AvgIpc) is 2.45. The van der Waals surface area contributed by atoms with Crippen LogP contribution in [0.5, 0.6) is 0 Å². The Hall–Kier alpha value is -1.59. The first-order valence-corrected chi connectivity index (χ1v) is 5.89. The van der Waals surface area contributed by atoms with E-state index in [1.165, 1.54) is 4.90 Å². The van der Waals surface area contributed by atoms with E-state index in [2.05, 4.69) is 5.32 Å². The fourth-order valence-electron chi connectivity index (χ4n) is 2.12. The quantitative estimate of drug-likeness (QED) is 0.686. The highest BCUT2D eigenvalue weighted by atomic mass is 16.2. The summed E-state index contributed by atoms with van der Waals surface area (Å²) in [7, 11) is 0. The molecule has 2 heterocycles. The van der Waals surface area contributed by atoms with Crippen molar-refractivity contribution in [3.05, 3.63) is 0 Å². The van der Waals surface area contributed by atoms with Gasteiger partial charge in [-0.3, -0.25) is 14.5 Å². The van der Waals surface area contributed by atoms with Crippen LogP contribution in [0.15, 0.2) is 0 Å². The molecule has 94 valence electrons. The Morgan fingerprint density at radius 3 is 2.24 bits per heavy atom. The summed E-state index contributed by atoms with van der Waals surface area (Å²) < 4.78 is 0. The summed E-state index contributed by atoms with van der Waals surface area (Å²) in [5, 5.41) is 2.78. The number of nitrogens with zero attached hydrogens (tertiary/aromatic N) is 2. The Morgan fingerprint density at radius 2 is 1.76 bits per heavy atom. The molecule has 0 radical (unpaired) electrons. The highest BCUT2D eigenvalue weighted by Crippen LogP contribution is 2.22. The largest absolute Gasteiger partial charge is 0.336 e. The average molecular weight is 239 g/mol. The van der Waals surface area contributed by atoms with Crippen LogP contribution in [0.2, 0.25) is 0 Å². The number of amides is 4. The Bertz CT molecular complexity index is 345. The maximum Gasteiger partial charge on any atom is 0.317 e. The molecule has 6 heteroatoms. The van der Waals surface area contributed by atoms with Crippen LogP contribution < -0.4 is 5.32 Å². The topological polar surface area (TPSA) is 69.7 Å². The van der Waals surface area contributed by atoms with Crippen LogP contribution in [0.1, 0.15) is 26.7 Å². The number of likely N-dealkylation sites (tertiary alicyclic amines) is 2. The lowest BCUT2D eigenvalue weighted by molar-refractivity contribution is -0.144. The lowest BCUT2D eigenvalue weighted by atomic mass is 10.1. The van der Waals surface area contributed by atoms with E-state index in [0.717, 1.165) is 0 Å². The Morgan fingerprint density at radius 1 is 1.24 bits per heavy atom. The fourth-order valence-corrected chi connectivity index (χ4v) is 2.12. The van der Waals surface area contributed by atoms with Gasteiger partial charge in [0.15, 0.2) is 0 Å². The van der Waals surface area contributed by atoms with Gasteiger partial charge in [0.05, 0.1) is 6.04 Å². The zero-order valence-corrected chi connectivity index (χ0v) is 10.1. The standard InChI is InChI=1S/C11H17N3O3/c1-7(2)12-11(17)13-5-8(6-13)14-9(15)3-4-10(14)16/h7-8H,3-6H2,1-2H3,(H,12,17). The molecule has 2 rings (SSSR count). The van der Waals surface area contributed by atoms with Gasteiger partial charge in [0.1, 0.15) is 0 Å². The highest BCUT2D eigenvalue weighted by Gasteiger charge is 2.42.